The lowest BCUT2D eigenvalue weighted by Gasteiger charge is -1.79. The quantitative estimate of drug-likeness (QED) is 0.539. The largest absolute Gasteiger partial charge is 0.102 e. The average molecular weight is 167 g/mol. The monoisotopic (exact) mass is 167 g/mol. The molecule has 7 heavy (non-hydrogen) atoms. The second kappa shape index (κ2) is 2.44. The second-order valence-corrected chi connectivity index (χ2v) is 5.73. The van der Waals surface area contributed by atoms with E-state index in [-0.39, 0.29) is 9.45 Å². The summed E-state index contributed by atoms with van der Waals surface area (Å²) in [4.78, 5) is 0. The van der Waals surface area contributed by atoms with Crippen LogP contribution >= 0.6 is 24.4 Å². The molecule has 0 spiro atoms. The van der Waals surface area contributed by atoms with E-state index in [1.807, 2.05) is 5.41 Å². The van der Waals surface area contributed by atoms with Crippen LogP contribution < -0.4 is 0 Å². The lowest BCUT2D eigenvalue weighted by molar-refractivity contribution is 2.31. The highest BCUT2D eigenvalue weighted by Crippen LogP contribution is 2.27. The zero-order chi connectivity index (χ0) is 5.28. The third-order valence-electron chi connectivity index (χ3n) is 0.545. The fraction of sp³-hybridized carbons (Fsp3) is 0.333. The van der Waals surface area contributed by atoms with Gasteiger partial charge in [-0.2, -0.15) is 0 Å². The van der Waals surface area contributed by atoms with Gasteiger partial charge in [0.25, 0.3) is 0 Å². The molecule has 0 aromatic carbocycles. The van der Waals surface area contributed by atoms with Crippen molar-refractivity contribution >= 4 is 45.0 Å². The van der Waals surface area contributed by atoms with E-state index in [1.165, 1.54) is 0 Å². The van der Waals surface area contributed by atoms with E-state index in [1.54, 1.807) is 11.8 Å². The Morgan fingerprint density at radius 2 is 2.57 bits per heavy atom. The van der Waals surface area contributed by atoms with Crippen LogP contribution in [0.4, 0.5) is 0 Å². The zero-order valence-electron chi connectivity index (χ0n) is 3.42. The lowest BCUT2D eigenvalue weighted by atomic mass is 11.2. The van der Waals surface area contributed by atoms with Gasteiger partial charge in [0.1, 0.15) is 0 Å². The third kappa shape index (κ3) is 1.68. The van der Waals surface area contributed by atoms with Crippen LogP contribution in [0.25, 0.3) is 0 Å². The summed E-state index contributed by atoms with van der Waals surface area (Å²) in [7, 11) is 0.0772. The predicted molar refractivity (Wildman–Crippen MR) is 42.9 cm³/mol. The van der Waals surface area contributed by atoms with Crippen LogP contribution in [0.15, 0.2) is 9.65 Å². The fourth-order valence-corrected chi connectivity index (χ4v) is 4.20. The SMILES string of the molecule is [S]C1=CS(=S)CS1. The van der Waals surface area contributed by atoms with Gasteiger partial charge in [-0.15, -0.1) is 11.8 Å². The molecule has 1 rings (SSSR count). The number of hydrogen-bond acceptors (Lipinski definition) is 2. The van der Waals surface area contributed by atoms with Crippen LogP contribution in [-0.4, -0.2) is 5.08 Å². The molecule has 39 valence electrons. The molecule has 4 heteroatoms. The summed E-state index contributed by atoms with van der Waals surface area (Å²) in [5.41, 5.74) is 0. The number of hydrogen-bond donors (Lipinski definition) is 0. The summed E-state index contributed by atoms with van der Waals surface area (Å²) in [6.07, 6.45) is 0. The first-order valence-corrected chi connectivity index (χ1v) is 5.45. The Labute approximate surface area is 59.8 Å². The Kier molecular flexibility index (Phi) is 2.09. The predicted octanol–water partition coefficient (Wildman–Crippen LogP) is 1.77. The van der Waals surface area contributed by atoms with Crippen molar-refractivity contribution in [1.29, 1.82) is 0 Å². The van der Waals surface area contributed by atoms with Gasteiger partial charge in [0.2, 0.25) is 0 Å². The van der Waals surface area contributed by atoms with Crippen LogP contribution in [0.3, 0.4) is 0 Å². The Balaban J connectivity index is 2.67. The van der Waals surface area contributed by atoms with Crippen molar-refractivity contribution in [2.75, 3.05) is 5.08 Å². The van der Waals surface area contributed by atoms with Crippen LogP contribution in [-0.2, 0) is 20.6 Å². The van der Waals surface area contributed by atoms with Gasteiger partial charge in [-0.1, -0.05) is 22.1 Å². The van der Waals surface area contributed by atoms with E-state index in [0.717, 1.165) is 9.32 Å². The molecule has 1 unspecified atom stereocenters. The van der Waals surface area contributed by atoms with Crippen molar-refractivity contribution in [1.82, 2.24) is 0 Å². The Hall–Kier alpha value is 0.880. The van der Waals surface area contributed by atoms with Crippen LogP contribution in [0.1, 0.15) is 0 Å². The molecule has 1 aliphatic rings. The summed E-state index contributed by atoms with van der Waals surface area (Å²) < 4.78 is 0.985. The maximum absolute atomic E-state index is 4.94. The van der Waals surface area contributed by atoms with Crippen LogP contribution in [0.5, 0.6) is 0 Å². The highest BCUT2D eigenvalue weighted by molar-refractivity contribution is 8.39. The number of rotatable bonds is 0. The van der Waals surface area contributed by atoms with Crippen molar-refractivity contribution < 1.29 is 0 Å². The highest BCUT2D eigenvalue weighted by Gasteiger charge is 2.03. The smallest absolute Gasteiger partial charge is 0.0780 e. The molecule has 1 heterocycles. The van der Waals surface area contributed by atoms with E-state index in [2.05, 4.69) is 0 Å². The molecule has 0 N–H and O–H groups in total. The van der Waals surface area contributed by atoms with Crippen molar-refractivity contribution in [2.45, 2.75) is 0 Å². The molecular formula is C3H3S4. The van der Waals surface area contributed by atoms with Crippen molar-refractivity contribution in [3.8, 4) is 0 Å². The molecule has 0 aliphatic carbocycles. The summed E-state index contributed by atoms with van der Waals surface area (Å²) >= 11 is 11.5. The van der Waals surface area contributed by atoms with Crippen molar-refractivity contribution in [3.63, 3.8) is 0 Å². The van der Waals surface area contributed by atoms with E-state index >= 15 is 0 Å². The minimum absolute atomic E-state index is 0.0772. The van der Waals surface area contributed by atoms with Gasteiger partial charge in [0.15, 0.2) is 0 Å². The van der Waals surface area contributed by atoms with Crippen molar-refractivity contribution in [2.24, 2.45) is 0 Å². The van der Waals surface area contributed by atoms with Gasteiger partial charge in [-0.25, -0.2) is 0 Å². The van der Waals surface area contributed by atoms with Gasteiger partial charge < -0.3 is 0 Å². The summed E-state index contributed by atoms with van der Waals surface area (Å²) in [5, 5.41) is 3.02. The molecule has 0 aromatic heterocycles. The minimum atomic E-state index is 0.0772. The van der Waals surface area contributed by atoms with Gasteiger partial charge >= 0.3 is 0 Å². The van der Waals surface area contributed by atoms with E-state index < -0.39 is 0 Å². The van der Waals surface area contributed by atoms with Crippen molar-refractivity contribution in [3.05, 3.63) is 9.65 Å². The van der Waals surface area contributed by atoms with Gasteiger partial charge in [-0.05, 0) is 11.2 Å². The lowest BCUT2D eigenvalue weighted by Crippen LogP contribution is -1.73. The molecule has 0 nitrogen and oxygen atoms in total. The summed E-state index contributed by atoms with van der Waals surface area (Å²) in [5.74, 6) is 0. The molecule has 0 aromatic rings. The van der Waals surface area contributed by atoms with E-state index in [0.29, 0.717) is 0 Å². The van der Waals surface area contributed by atoms with Gasteiger partial charge in [0.05, 0.1) is 9.32 Å². The standard InChI is InChI=1S/C3H3S4/c4-3-1-7(5)2-6-3/h1H,2H2. The Morgan fingerprint density at radius 3 is 2.71 bits per heavy atom. The van der Waals surface area contributed by atoms with Crippen LogP contribution in [0, 0.1) is 0 Å². The molecule has 0 saturated heterocycles. The normalized spacial score (nSPS) is 30.3. The fourth-order valence-electron chi connectivity index (χ4n) is 0.292. The van der Waals surface area contributed by atoms with Gasteiger partial charge in [0, 0.05) is 5.41 Å². The first-order chi connectivity index (χ1) is 3.29. The first-order valence-electron chi connectivity index (χ1n) is 1.68. The molecule has 0 fully saturated rings. The zero-order valence-corrected chi connectivity index (χ0v) is 6.68. The van der Waals surface area contributed by atoms with E-state index in [4.69, 9.17) is 23.8 Å². The maximum atomic E-state index is 4.94. The molecule has 1 radical (unpaired) electrons. The maximum Gasteiger partial charge on any atom is 0.0780 e. The molecule has 0 saturated carbocycles. The third-order valence-corrected chi connectivity index (χ3v) is 4.77. The minimum Gasteiger partial charge on any atom is -0.102 e. The summed E-state index contributed by atoms with van der Waals surface area (Å²) in [6, 6.07) is 0. The summed E-state index contributed by atoms with van der Waals surface area (Å²) in [6.45, 7) is 0. The van der Waals surface area contributed by atoms with E-state index in [9.17, 15) is 0 Å². The molecular weight excluding hydrogens is 164 g/mol. The molecule has 1 atom stereocenters. The molecule has 0 amide bonds. The topological polar surface area (TPSA) is 0 Å². The highest BCUT2D eigenvalue weighted by atomic mass is 32.8. The molecule has 1 aliphatic heterocycles. The molecule has 0 bridgehead atoms. The average Bonchev–Trinajstić information content (AvgIpc) is 1.87. The Bertz CT molecular complexity index is 125. The number of thioether (sulfide) groups is 1. The Morgan fingerprint density at radius 1 is 1.86 bits per heavy atom. The second-order valence-electron chi connectivity index (χ2n) is 1.08. The first kappa shape index (κ1) is 6.01. The van der Waals surface area contributed by atoms with Crippen LogP contribution in [0.2, 0.25) is 0 Å². The van der Waals surface area contributed by atoms with Gasteiger partial charge in [-0.3, -0.25) is 0 Å².